The van der Waals surface area contributed by atoms with Gasteiger partial charge in [0.2, 0.25) is 0 Å². The van der Waals surface area contributed by atoms with Gasteiger partial charge in [-0.15, -0.1) is 0 Å². The SMILES string of the molecule is CCCCCCCCCCCCCCCCCCCc1cccc(/N=C(CC)\C(C)=N\c2cccc(CCCCCCCCCCCCCCCCCCC)c2)c1.[Pd]. The van der Waals surface area contributed by atoms with E-state index < -0.39 is 0 Å². The molecule has 0 amide bonds. The van der Waals surface area contributed by atoms with Crippen LogP contribution in [0.1, 0.15) is 264 Å². The molecular formula is C55H94N2Pd. The summed E-state index contributed by atoms with van der Waals surface area (Å²) in [6.45, 7) is 8.94. The number of aliphatic imine (C=N–C) groups is 2. The molecule has 3 heteroatoms. The Balaban J connectivity index is 0.0000168. The van der Waals surface area contributed by atoms with E-state index in [1.165, 1.54) is 229 Å². The van der Waals surface area contributed by atoms with Gasteiger partial charge in [-0.05, 0) is 74.4 Å². The van der Waals surface area contributed by atoms with Crippen molar-refractivity contribution in [2.75, 3.05) is 0 Å². The Morgan fingerprint density at radius 3 is 0.931 bits per heavy atom. The van der Waals surface area contributed by atoms with Gasteiger partial charge in [-0.1, -0.05) is 251 Å². The van der Waals surface area contributed by atoms with Crippen LogP contribution in [0.15, 0.2) is 58.5 Å². The molecule has 0 fully saturated rings. The zero-order valence-electron chi connectivity index (χ0n) is 39.0. The summed E-state index contributed by atoms with van der Waals surface area (Å²) >= 11 is 0. The molecule has 0 spiro atoms. The number of unbranched alkanes of at least 4 members (excludes halogenated alkanes) is 32. The summed E-state index contributed by atoms with van der Waals surface area (Å²) in [5.74, 6) is 0. The second kappa shape index (κ2) is 40.8. The predicted molar refractivity (Wildman–Crippen MR) is 259 cm³/mol. The number of aryl methyl sites for hydroxylation is 2. The van der Waals surface area contributed by atoms with Crippen LogP contribution in [0.4, 0.5) is 11.4 Å². The second-order valence-corrected chi connectivity index (χ2v) is 17.8. The molecule has 0 radical (unpaired) electrons. The minimum atomic E-state index is 0. The molecule has 2 rings (SSSR count). The fourth-order valence-electron chi connectivity index (χ4n) is 8.50. The van der Waals surface area contributed by atoms with Crippen LogP contribution in [0, 0.1) is 0 Å². The maximum atomic E-state index is 5.10. The molecule has 2 aromatic rings. The van der Waals surface area contributed by atoms with Crippen molar-refractivity contribution in [3.63, 3.8) is 0 Å². The molecule has 0 saturated carbocycles. The van der Waals surface area contributed by atoms with Gasteiger partial charge in [0.05, 0.1) is 22.8 Å². The number of hydrogen-bond donors (Lipinski definition) is 0. The normalized spacial score (nSPS) is 12.0. The molecule has 58 heavy (non-hydrogen) atoms. The molecule has 0 aliphatic heterocycles. The first kappa shape index (κ1) is 54.5. The molecule has 0 atom stereocenters. The first-order valence-corrected chi connectivity index (χ1v) is 25.5. The second-order valence-electron chi connectivity index (χ2n) is 17.8. The molecule has 0 unspecified atom stereocenters. The third-order valence-electron chi connectivity index (χ3n) is 12.3. The van der Waals surface area contributed by atoms with Gasteiger partial charge in [0.25, 0.3) is 0 Å². The van der Waals surface area contributed by atoms with Crippen molar-refractivity contribution in [1.29, 1.82) is 0 Å². The fourth-order valence-corrected chi connectivity index (χ4v) is 8.50. The summed E-state index contributed by atoms with van der Waals surface area (Å²) in [7, 11) is 0. The van der Waals surface area contributed by atoms with Crippen molar-refractivity contribution in [3.8, 4) is 0 Å². The minimum absolute atomic E-state index is 0. The zero-order valence-corrected chi connectivity index (χ0v) is 40.5. The standard InChI is InChI=1S/C55H94N2.Pd/c1-5-8-10-12-14-16-18-20-22-24-26-28-30-32-34-36-38-42-51-44-40-46-53(48-51)56-50(4)55(7-3)57-54-47-41-45-52(49-54)43-39-37-35-33-31-29-27-25-23-21-19-17-15-13-11-9-6-2;/h40-41,44-49H,5-39,42-43H2,1-4H3;/b56-50+,57-55-;. The van der Waals surface area contributed by atoms with Crippen LogP contribution in [0.2, 0.25) is 0 Å². The van der Waals surface area contributed by atoms with Gasteiger partial charge in [0.1, 0.15) is 0 Å². The Morgan fingerprint density at radius 2 is 0.638 bits per heavy atom. The molecule has 2 aromatic carbocycles. The largest absolute Gasteiger partial charge is 0.252 e. The molecule has 2 nitrogen and oxygen atoms in total. The summed E-state index contributed by atoms with van der Waals surface area (Å²) < 4.78 is 0. The topological polar surface area (TPSA) is 24.7 Å². The maximum absolute atomic E-state index is 5.10. The molecule has 0 aliphatic rings. The van der Waals surface area contributed by atoms with Gasteiger partial charge in [0.15, 0.2) is 0 Å². The third-order valence-corrected chi connectivity index (χ3v) is 12.3. The summed E-state index contributed by atoms with van der Waals surface area (Å²) in [5, 5.41) is 0. The van der Waals surface area contributed by atoms with Gasteiger partial charge in [-0.25, -0.2) is 0 Å². The zero-order chi connectivity index (χ0) is 40.7. The van der Waals surface area contributed by atoms with Crippen molar-refractivity contribution in [1.82, 2.24) is 0 Å². The first-order chi connectivity index (χ1) is 28.2. The van der Waals surface area contributed by atoms with Gasteiger partial charge in [-0.3, -0.25) is 9.98 Å². The first-order valence-electron chi connectivity index (χ1n) is 25.5. The average Bonchev–Trinajstić information content (AvgIpc) is 3.22. The van der Waals surface area contributed by atoms with Crippen molar-refractivity contribution in [2.45, 2.75) is 265 Å². The molecular weight excluding hydrogens is 795 g/mol. The Labute approximate surface area is 376 Å². The Bertz CT molecular complexity index is 1250. The van der Waals surface area contributed by atoms with Crippen molar-refractivity contribution >= 4 is 22.8 Å². The van der Waals surface area contributed by atoms with Crippen LogP contribution < -0.4 is 0 Å². The monoisotopic (exact) mass is 889 g/mol. The Morgan fingerprint density at radius 1 is 0.362 bits per heavy atom. The molecule has 334 valence electrons. The van der Waals surface area contributed by atoms with E-state index in [2.05, 4.69) is 76.2 Å². The minimum Gasteiger partial charge on any atom is -0.252 e. The van der Waals surface area contributed by atoms with Crippen LogP contribution in [0.25, 0.3) is 0 Å². The van der Waals surface area contributed by atoms with Crippen LogP contribution in [0.5, 0.6) is 0 Å². The molecule has 0 N–H and O–H groups in total. The van der Waals surface area contributed by atoms with E-state index in [9.17, 15) is 0 Å². The quantitative estimate of drug-likeness (QED) is 0.0362. The number of benzene rings is 2. The number of hydrogen-bond acceptors (Lipinski definition) is 2. The van der Waals surface area contributed by atoms with E-state index in [1.807, 2.05) is 0 Å². The summed E-state index contributed by atoms with van der Waals surface area (Å²) in [5.41, 5.74) is 7.08. The van der Waals surface area contributed by atoms with Crippen molar-refractivity contribution in [2.24, 2.45) is 9.98 Å². The van der Waals surface area contributed by atoms with Gasteiger partial charge >= 0.3 is 0 Å². The Hall–Kier alpha value is -1.56. The number of rotatable bonds is 40. The summed E-state index contributed by atoms with van der Waals surface area (Å²) in [6, 6.07) is 17.8. The molecule has 0 heterocycles. The molecule has 0 saturated heterocycles. The van der Waals surface area contributed by atoms with Gasteiger partial charge in [-0.2, -0.15) is 0 Å². The number of nitrogens with zero attached hydrogens (tertiary/aromatic N) is 2. The Kier molecular flexibility index (Phi) is 38.3. The maximum Gasteiger partial charge on any atom is 0.0636 e. The van der Waals surface area contributed by atoms with E-state index >= 15 is 0 Å². The summed E-state index contributed by atoms with van der Waals surface area (Å²) in [6.07, 6.45) is 51.5. The third kappa shape index (κ3) is 31.3. The average molecular weight is 890 g/mol. The van der Waals surface area contributed by atoms with Crippen molar-refractivity contribution < 1.29 is 20.4 Å². The smallest absolute Gasteiger partial charge is 0.0636 e. The van der Waals surface area contributed by atoms with E-state index in [1.54, 1.807) is 0 Å². The van der Waals surface area contributed by atoms with E-state index in [0.717, 1.165) is 42.1 Å². The molecule has 0 bridgehead atoms. The van der Waals surface area contributed by atoms with E-state index in [4.69, 9.17) is 9.98 Å². The van der Waals surface area contributed by atoms with Crippen LogP contribution in [0.3, 0.4) is 0 Å². The van der Waals surface area contributed by atoms with Crippen molar-refractivity contribution in [3.05, 3.63) is 59.7 Å². The van der Waals surface area contributed by atoms with Gasteiger partial charge in [0, 0.05) is 20.4 Å². The van der Waals surface area contributed by atoms with Crippen LogP contribution in [-0.4, -0.2) is 11.4 Å². The van der Waals surface area contributed by atoms with Crippen LogP contribution in [-0.2, 0) is 33.3 Å². The molecule has 0 aromatic heterocycles. The van der Waals surface area contributed by atoms with E-state index in [0.29, 0.717) is 0 Å². The van der Waals surface area contributed by atoms with E-state index in [-0.39, 0.29) is 20.4 Å². The van der Waals surface area contributed by atoms with Crippen LogP contribution >= 0.6 is 0 Å². The fraction of sp³-hybridized carbons (Fsp3) is 0.745. The predicted octanol–water partition coefficient (Wildman–Crippen LogP) is 19.3. The van der Waals surface area contributed by atoms with Gasteiger partial charge < -0.3 is 0 Å². The summed E-state index contributed by atoms with van der Waals surface area (Å²) in [4.78, 5) is 10.1. The molecule has 0 aliphatic carbocycles.